The minimum atomic E-state index is -4.99. The van der Waals surface area contributed by atoms with E-state index in [-0.39, 0.29) is 30.5 Å². The van der Waals surface area contributed by atoms with Gasteiger partial charge in [0.05, 0.1) is 33.9 Å². The molecule has 1 aliphatic carbocycles. The predicted molar refractivity (Wildman–Crippen MR) is 104 cm³/mol. The van der Waals surface area contributed by atoms with Crippen molar-refractivity contribution in [2.45, 2.75) is 41.8 Å². The van der Waals surface area contributed by atoms with E-state index in [1.807, 2.05) is 0 Å². The number of amides is 1. The summed E-state index contributed by atoms with van der Waals surface area (Å²) in [7, 11) is -3.29. The highest BCUT2D eigenvalue weighted by atomic mass is 32.2. The van der Waals surface area contributed by atoms with Gasteiger partial charge in [0.25, 0.3) is 0 Å². The predicted octanol–water partition coefficient (Wildman–Crippen LogP) is 1.71. The molecule has 32 heavy (non-hydrogen) atoms. The fourth-order valence-electron chi connectivity index (χ4n) is 3.85. The molecule has 0 spiro atoms. The van der Waals surface area contributed by atoms with Crippen molar-refractivity contribution in [1.82, 2.24) is 9.78 Å². The zero-order valence-corrected chi connectivity index (χ0v) is 17.6. The number of benzene rings is 1. The Kier molecular flexibility index (Phi) is 6.33. The van der Waals surface area contributed by atoms with E-state index in [0.29, 0.717) is 6.07 Å². The standard InChI is InChI=1S/C19H20F3N3O6S/c1-31-15-6-12(5-13(15)18(27)28)32(29,30)16-3-2-10(4-14(16)19(20,21)22)11-7-24-25(8-11)9-17(23)26/h2-4,7-8,12-13,15H,5-6,9H2,1H3,(H2,23,26)(H,27,28)/t12-,13-,15-/m1/s1. The quantitative estimate of drug-likeness (QED) is 0.621. The number of ether oxygens (including phenoxy) is 1. The summed E-state index contributed by atoms with van der Waals surface area (Å²) in [5.41, 5.74) is 3.97. The van der Waals surface area contributed by atoms with E-state index in [2.05, 4.69) is 5.10 Å². The molecule has 2 aromatic rings. The lowest BCUT2D eigenvalue weighted by Gasteiger charge is -2.18. The molecule has 0 aliphatic heterocycles. The third-order valence-electron chi connectivity index (χ3n) is 5.40. The van der Waals surface area contributed by atoms with E-state index in [0.717, 1.165) is 10.7 Å². The summed E-state index contributed by atoms with van der Waals surface area (Å²) >= 11 is 0. The highest BCUT2D eigenvalue weighted by Gasteiger charge is 2.47. The Balaban J connectivity index is 2.02. The second kappa shape index (κ2) is 8.54. The summed E-state index contributed by atoms with van der Waals surface area (Å²) in [6, 6.07) is 2.75. The van der Waals surface area contributed by atoms with Gasteiger partial charge >= 0.3 is 12.1 Å². The molecule has 13 heteroatoms. The number of hydrogen-bond acceptors (Lipinski definition) is 6. The largest absolute Gasteiger partial charge is 0.481 e. The van der Waals surface area contributed by atoms with Crippen LogP contribution in [0.1, 0.15) is 18.4 Å². The summed E-state index contributed by atoms with van der Waals surface area (Å²) < 4.78 is 73.8. The van der Waals surface area contributed by atoms with Crippen LogP contribution in [-0.4, -0.2) is 53.6 Å². The first-order chi connectivity index (χ1) is 14.8. The third kappa shape index (κ3) is 4.63. The van der Waals surface area contributed by atoms with Gasteiger partial charge in [-0.25, -0.2) is 8.42 Å². The van der Waals surface area contributed by atoms with Crippen LogP contribution in [0, 0.1) is 5.92 Å². The minimum Gasteiger partial charge on any atom is -0.481 e. The molecule has 9 nitrogen and oxygen atoms in total. The number of aromatic nitrogens is 2. The maximum Gasteiger partial charge on any atom is 0.417 e. The Hall–Kier alpha value is -2.93. The number of hydrogen-bond donors (Lipinski definition) is 2. The van der Waals surface area contributed by atoms with Gasteiger partial charge in [0.2, 0.25) is 5.91 Å². The lowest BCUT2D eigenvalue weighted by Crippen LogP contribution is -2.24. The highest BCUT2D eigenvalue weighted by molar-refractivity contribution is 7.92. The topological polar surface area (TPSA) is 142 Å². The molecule has 3 rings (SSSR count). The number of carbonyl (C=O) groups excluding carboxylic acids is 1. The van der Waals surface area contributed by atoms with Crippen molar-refractivity contribution in [1.29, 1.82) is 0 Å². The van der Waals surface area contributed by atoms with Crippen LogP contribution in [0.15, 0.2) is 35.5 Å². The number of primary amides is 1. The molecule has 0 radical (unpaired) electrons. The van der Waals surface area contributed by atoms with Gasteiger partial charge in [0, 0.05) is 18.9 Å². The molecule has 3 N–H and O–H groups in total. The van der Waals surface area contributed by atoms with Crippen LogP contribution in [0.4, 0.5) is 13.2 Å². The Morgan fingerprint density at radius 3 is 2.50 bits per heavy atom. The number of carboxylic acids is 1. The first-order valence-electron chi connectivity index (χ1n) is 9.36. The molecule has 0 bridgehead atoms. The zero-order valence-electron chi connectivity index (χ0n) is 16.7. The Morgan fingerprint density at radius 2 is 1.97 bits per heavy atom. The first kappa shape index (κ1) is 23.7. The van der Waals surface area contributed by atoms with Crippen LogP contribution in [0.25, 0.3) is 11.1 Å². The number of nitrogens with two attached hydrogens (primary N) is 1. The molecular weight excluding hydrogens is 455 g/mol. The minimum absolute atomic E-state index is 0.0385. The maximum atomic E-state index is 13.8. The molecular formula is C19H20F3N3O6S. The lowest BCUT2D eigenvalue weighted by atomic mass is 10.1. The van der Waals surface area contributed by atoms with Gasteiger partial charge in [0.15, 0.2) is 9.84 Å². The molecule has 1 amide bonds. The van der Waals surface area contributed by atoms with Crippen molar-refractivity contribution >= 4 is 21.7 Å². The molecule has 0 saturated heterocycles. The Morgan fingerprint density at radius 1 is 1.28 bits per heavy atom. The molecule has 174 valence electrons. The van der Waals surface area contributed by atoms with Gasteiger partial charge in [0.1, 0.15) is 6.54 Å². The van der Waals surface area contributed by atoms with Gasteiger partial charge in [-0.2, -0.15) is 18.3 Å². The van der Waals surface area contributed by atoms with Crippen molar-refractivity contribution in [2.75, 3.05) is 7.11 Å². The average molecular weight is 475 g/mol. The van der Waals surface area contributed by atoms with E-state index < -0.39 is 55.6 Å². The van der Waals surface area contributed by atoms with Gasteiger partial charge in [-0.05, 0) is 30.5 Å². The van der Waals surface area contributed by atoms with Crippen molar-refractivity contribution in [3.63, 3.8) is 0 Å². The number of carboxylic acid groups (broad SMARTS) is 1. The summed E-state index contributed by atoms with van der Waals surface area (Å²) in [6.45, 7) is -0.272. The average Bonchev–Trinajstić information content (AvgIpc) is 3.33. The number of alkyl halides is 3. The van der Waals surface area contributed by atoms with E-state index in [4.69, 9.17) is 10.5 Å². The van der Waals surface area contributed by atoms with Gasteiger partial charge in [-0.1, -0.05) is 6.07 Å². The van der Waals surface area contributed by atoms with Gasteiger partial charge in [-0.15, -0.1) is 0 Å². The van der Waals surface area contributed by atoms with Crippen molar-refractivity contribution in [3.05, 3.63) is 36.2 Å². The summed E-state index contributed by atoms with van der Waals surface area (Å²) in [6.07, 6.45) is -3.95. The molecule has 1 fully saturated rings. The molecule has 1 heterocycles. The fraction of sp³-hybridized carbons (Fsp3) is 0.421. The number of methoxy groups -OCH3 is 1. The third-order valence-corrected chi connectivity index (χ3v) is 7.63. The summed E-state index contributed by atoms with van der Waals surface area (Å²) in [5, 5.41) is 11.8. The first-order valence-corrected chi connectivity index (χ1v) is 10.9. The van der Waals surface area contributed by atoms with E-state index in [1.54, 1.807) is 0 Å². The number of halogens is 3. The maximum absolute atomic E-state index is 13.8. The van der Waals surface area contributed by atoms with Crippen molar-refractivity contribution in [3.8, 4) is 11.1 Å². The van der Waals surface area contributed by atoms with Gasteiger partial charge in [-0.3, -0.25) is 14.3 Å². The molecule has 1 saturated carbocycles. The van der Waals surface area contributed by atoms with Crippen LogP contribution in [0.3, 0.4) is 0 Å². The second-order valence-electron chi connectivity index (χ2n) is 7.46. The number of sulfone groups is 1. The summed E-state index contributed by atoms with van der Waals surface area (Å²) in [4.78, 5) is 21.4. The van der Waals surface area contributed by atoms with Crippen molar-refractivity contribution in [2.24, 2.45) is 11.7 Å². The number of rotatable bonds is 7. The molecule has 1 aliphatic rings. The fourth-order valence-corrected chi connectivity index (χ4v) is 5.85. The molecule has 3 atom stereocenters. The van der Waals surface area contributed by atoms with Crippen LogP contribution in [-0.2, 0) is 36.9 Å². The zero-order chi connectivity index (χ0) is 23.8. The SMILES string of the molecule is CO[C@@H]1C[C@H](S(=O)(=O)c2ccc(-c3cnn(CC(N)=O)c3)cc2C(F)(F)F)C[C@H]1C(=O)O. The van der Waals surface area contributed by atoms with E-state index >= 15 is 0 Å². The number of nitrogens with zero attached hydrogens (tertiary/aromatic N) is 2. The molecule has 1 aromatic carbocycles. The monoisotopic (exact) mass is 475 g/mol. The summed E-state index contributed by atoms with van der Waals surface area (Å²) in [5.74, 6) is -3.10. The van der Waals surface area contributed by atoms with Crippen LogP contribution < -0.4 is 5.73 Å². The number of aliphatic carboxylic acids is 1. The van der Waals surface area contributed by atoms with E-state index in [1.165, 1.54) is 25.6 Å². The molecule has 1 aromatic heterocycles. The Labute approximate surface area is 180 Å². The number of carbonyl (C=O) groups is 2. The van der Waals surface area contributed by atoms with Crippen LogP contribution in [0.2, 0.25) is 0 Å². The van der Waals surface area contributed by atoms with Crippen LogP contribution in [0.5, 0.6) is 0 Å². The highest BCUT2D eigenvalue weighted by Crippen LogP contribution is 2.42. The lowest BCUT2D eigenvalue weighted by molar-refractivity contribution is -0.145. The Bertz CT molecular complexity index is 1150. The second-order valence-corrected chi connectivity index (χ2v) is 9.66. The smallest absolute Gasteiger partial charge is 0.417 e. The normalized spacial score (nSPS) is 21.6. The molecule has 0 unspecified atom stereocenters. The van der Waals surface area contributed by atoms with E-state index in [9.17, 15) is 36.3 Å². The van der Waals surface area contributed by atoms with Gasteiger partial charge < -0.3 is 15.6 Å². The van der Waals surface area contributed by atoms with Crippen molar-refractivity contribution < 1.29 is 41.0 Å². The van der Waals surface area contributed by atoms with Crippen LogP contribution >= 0.6 is 0 Å².